The number of hydrogen-bond donors (Lipinski definition) is 0. The molecule has 0 fully saturated rings. The molecule has 0 saturated carbocycles. The van der Waals surface area contributed by atoms with Crippen molar-refractivity contribution in [2.75, 3.05) is 0 Å². The van der Waals surface area contributed by atoms with Gasteiger partial charge in [-0.2, -0.15) is 0 Å². The van der Waals surface area contributed by atoms with Gasteiger partial charge in [-0.3, -0.25) is 9.56 Å². The van der Waals surface area contributed by atoms with E-state index in [-0.39, 0.29) is 0 Å². The minimum atomic E-state index is 0.447. The van der Waals surface area contributed by atoms with Gasteiger partial charge in [0.15, 0.2) is 12.2 Å². The zero-order valence-electron chi connectivity index (χ0n) is 13.9. The van der Waals surface area contributed by atoms with Crippen LogP contribution in [0.25, 0.3) is 17.1 Å². The number of nitrogens with zero attached hydrogens (tertiary/aromatic N) is 4. The fraction of sp³-hybridized carbons (Fsp3) is 0.0500. The smallest absolute Gasteiger partial charge is 0.181 e. The van der Waals surface area contributed by atoms with Gasteiger partial charge in [0.25, 0.3) is 0 Å². The number of aliphatic imine (C=N–C) groups is 1. The van der Waals surface area contributed by atoms with Gasteiger partial charge in [-0.15, -0.1) is 0 Å². The SMILES string of the molecule is Clc1ccccc1C1=NCc2c(-c3cnco3)ncn2-c2ccc(Br)cc21. The Hall–Kier alpha value is -2.70. The molecule has 5 nitrogen and oxygen atoms in total. The summed E-state index contributed by atoms with van der Waals surface area (Å²) in [6.45, 7) is 0.447. The van der Waals surface area contributed by atoms with Gasteiger partial charge >= 0.3 is 0 Å². The summed E-state index contributed by atoms with van der Waals surface area (Å²) in [5.41, 5.74) is 5.41. The maximum Gasteiger partial charge on any atom is 0.181 e. The number of imidazole rings is 1. The van der Waals surface area contributed by atoms with Crippen molar-refractivity contribution >= 4 is 33.2 Å². The summed E-state index contributed by atoms with van der Waals surface area (Å²) in [5.74, 6) is 0.624. The molecule has 0 radical (unpaired) electrons. The number of halogens is 2. The van der Waals surface area contributed by atoms with E-state index < -0.39 is 0 Å². The van der Waals surface area contributed by atoms with Crippen LogP contribution in [0.1, 0.15) is 16.8 Å². The highest BCUT2D eigenvalue weighted by atomic mass is 79.9. The lowest BCUT2D eigenvalue weighted by molar-refractivity contribution is 0.569. The van der Waals surface area contributed by atoms with Crippen LogP contribution in [0.3, 0.4) is 0 Å². The summed E-state index contributed by atoms with van der Waals surface area (Å²) in [6, 6.07) is 13.9. The Morgan fingerprint density at radius 3 is 2.81 bits per heavy atom. The molecule has 0 atom stereocenters. The molecule has 0 unspecified atom stereocenters. The molecule has 0 spiro atoms. The molecule has 3 heterocycles. The normalized spacial score (nSPS) is 12.9. The standard InChI is InChI=1S/C20H12BrClN4O/c21-12-5-6-16-14(7-12)19(13-3-1-2-4-15(13)22)24-8-17-20(25-10-26(16)17)18-9-23-11-27-18/h1-7,9-11H,8H2. The lowest BCUT2D eigenvalue weighted by Crippen LogP contribution is -2.07. The van der Waals surface area contributed by atoms with Crippen molar-refractivity contribution in [2.45, 2.75) is 6.54 Å². The highest BCUT2D eigenvalue weighted by Gasteiger charge is 2.24. The molecular weight excluding hydrogens is 428 g/mol. The van der Waals surface area contributed by atoms with Crippen LogP contribution >= 0.6 is 27.5 Å². The van der Waals surface area contributed by atoms with Crippen LogP contribution < -0.4 is 0 Å². The highest BCUT2D eigenvalue weighted by molar-refractivity contribution is 9.10. The molecule has 2 aromatic carbocycles. The molecule has 0 N–H and O–H groups in total. The lowest BCUT2D eigenvalue weighted by atomic mass is 10.0. The van der Waals surface area contributed by atoms with Crippen molar-refractivity contribution in [2.24, 2.45) is 4.99 Å². The highest BCUT2D eigenvalue weighted by Crippen LogP contribution is 2.33. The Kier molecular flexibility index (Phi) is 3.95. The molecule has 0 aliphatic carbocycles. The molecule has 27 heavy (non-hydrogen) atoms. The van der Waals surface area contributed by atoms with Gasteiger partial charge in [0.05, 0.1) is 29.8 Å². The molecule has 1 aliphatic rings. The van der Waals surface area contributed by atoms with Crippen LogP contribution in [-0.4, -0.2) is 20.2 Å². The first-order valence-corrected chi connectivity index (χ1v) is 9.44. The maximum atomic E-state index is 6.48. The maximum absolute atomic E-state index is 6.48. The first-order chi connectivity index (χ1) is 13.2. The third-order valence-electron chi connectivity index (χ3n) is 4.52. The summed E-state index contributed by atoms with van der Waals surface area (Å²) in [4.78, 5) is 13.5. The van der Waals surface area contributed by atoms with E-state index in [4.69, 9.17) is 21.0 Å². The zero-order valence-corrected chi connectivity index (χ0v) is 16.3. The zero-order chi connectivity index (χ0) is 18.4. The van der Waals surface area contributed by atoms with E-state index >= 15 is 0 Å². The van der Waals surface area contributed by atoms with Crippen molar-refractivity contribution < 1.29 is 4.42 Å². The number of oxazole rings is 1. The Morgan fingerprint density at radius 1 is 1.11 bits per heavy atom. The van der Waals surface area contributed by atoms with Crippen molar-refractivity contribution in [3.63, 3.8) is 0 Å². The van der Waals surface area contributed by atoms with Gasteiger partial charge in [-0.1, -0.05) is 45.7 Å². The number of aromatic nitrogens is 3. The van der Waals surface area contributed by atoms with Crippen LogP contribution in [0.2, 0.25) is 5.02 Å². The topological polar surface area (TPSA) is 56.2 Å². The minimum Gasteiger partial charge on any atom is -0.442 e. The van der Waals surface area contributed by atoms with Crippen molar-refractivity contribution in [3.05, 3.63) is 87.7 Å². The van der Waals surface area contributed by atoms with Crippen molar-refractivity contribution in [3.8, 4) is 17.1 Å². The Labute approximate surface area is 168 Å². The van der Waals surface area contributed by atoms with Gasteiger partial charge in [0.1, 0.15) is 12.0 Å². The molecular formula is C20H12BrClN4O. The molecule has 5 rings (SSSR count). The van der Waals surface area contributed by atoms with Crippen molar-refractivity contribution in [1.82, 2.24) is 14.5 Å². The van der Waals surface area contributed by atoms with E-state index in [9.17, 15) is 0 Å². The minimum absolute atomic E-state index is 0.447. The predicted molar refractivity (Wildman–Crippen MR) is 108 cm³/mol. The van der Waals surface area contributed by atoms with Crippen molar-refractivity contribution in [1.29, 1.82) is 0 Å². The number of hydrogen-bond acceptors (Lipinski definition) is 4. The lowest BCUT2D eigenvalue weighted by Gasteiger charge is -2.13. The summed E-state index contributed by atoms with van der Waals surface area (Å²) < 4.78 is 8.48. The monoisotopic (exact) mass is 438 g/mol. The quantitative estimate of drug-likeness (QED) is 0.426. The van der Waals surface area contributed by atoms with Crippen LogP contribution in [0.4, 0.5) is 0 Å². The van der Waals surface area contributed by atoms with Gasteiger partial charge in [-0.25, -0.2) is 9.97 Å². The molecule has 1 aliphatic heterocycles. The molecule has 7 heteroatoms. The summed E-state index contributed by atoms with van der Waals surface area (Å²) in [5, 5.41) is 0.669. The average Bonchev–Trinajstić information content (AvgIpc) is 3.30. The van der Waals surface area contributed by atoms with Gasteiger partial charge in [0, 0.05) is 20.6 Å². The second-order valence-corrected chi connectivity index (χ2v) is 7.40. The number of benzene rings is 2. The van der Waals surface area contributed by atoms with Gasteiger partial charge in [0.2, 0.25) is 0 Å². The van der Waals surface area contributed by atoms with Gasteiger partial charge < -0.3 is 4.42 Å². The molecule has 0 amide bonds. The number of rotatable bonds is 2. The predicted octanol–water partition coefficient (Wildman–Crippen LogP) is 5.29. The first-order valence-electron chi connectivity index (χ1n) is 8.27. The molecule has 4 aromatic rings. The van der Waals surface area contributed by atoms with Crippen LogP contribution in [0, 0.1) is 0 Å². The second-order valence-electron chi connectivity index (χ2n) is 6.08. The fourth-order valence-electron chi connectivity index (χ4n) is 3.30. The fourth-order valence-corrected chi connectivity index (χ4v) is 3.89. The van der Waals surface area contributed by atoms with E-state index in [2.05, 4.69) is 32.0 Å². The Bertz CT molecular complexity index is 1180. The van der Waals surface area contributed by atoms with Crippen LogP contribution in [-0.2, 0) is 6.54 Å². The average molecular weight is 440 g/mol. The number of fused-ring (bicyclic) bond motifs is 3. The summed E-state index contributed by atoms with van der Waals surface area (Å²) in [6.07, 6.45) is 4.86. The largest absolute Gasteiger partial charge is 0.442 e. The summed E-state index contributed by atoms with van der Waals surface area (Å²) in [7, 11) is 0. The van der Waals surface area contributed by atoms with E-state index in [0.717, 1.165) is 38.4 Å². The van der Waals surface area contributed by atoms with E-state index in [0.29, 0.717) is 17.3 Å². The second kappa shape index (κ2) is 6.48. The third-order valence-corrected chi connectivity index (χ3v) is 5.34. The van der Waals surface area contributed by atoms with E-state index in [1.54, 1.807) is 12.5 Å². The Balaban J connectivity index is 1.77. The summed E-state index contributed by atoms with van der Waals surface area (Å²) >= 11 is 10.1. The van der Waals surface area contributed by atoms with Gasteiger partial charge in [-0.05, 0) is 24.3 Å². The molecule has 0 saturated heterocycles. The molecule has 132 valence electrons. The first kappa shape index (κ1) is 16.5. The van der Waals surface area contributed by atoms with Crippen LogP contribution in [0.15, 0.2) is 75.3 Å². The van der Waals surface area contributed by atoms with E-state index in [1.807, 2.05) is 41.0 Å². The third kappa shape index (κ3) is 2.72. The molecule has 0 bridgehead atoms. The van der Waals surface area contributed by atoms with Crippen LogP contribution in [0.5, 0.6) is 0 Å². The molecule has 2 aromatic heterocycles. The van der Waals surface area contributed by atoms with E-state index in [1.165, 1.54) is 6.39 Å². The Morgan fingerprint density at radius 2 is 2.00 bits per heavy atom.